The number of anilines is 2. The molecule has 1 heterocycles. The van der Waals surface area contributed by atoms with E-state index in [-0.39, 0.29) is 18.0 Å². The summed E-state index contributed by atoms with van der Waals surface area (Å²) in [5, 5.41) is 7.06. The van der Waals surface area contributed by atoms with Crippen LogP contribution in [0.25, 0.3) is 10.9 Å². The molecule has 2 N–H and O–H groups in total. The molecule has 0 bridgehead atoms. The van der Waals surface area contributed by atoms with Crippen molar-refractivity contribution in [2.75, 3.05) is 17.7 Å². The van der Waals surface area contributed by atoms with Crippen molar-refractivity contribution >= 4 is 28.2 Å². The maximum atomic E-state index is 13.4. The lowest BCUT2D eigenvalue weighted by Crippen LogP contribution is -2.30. The molecule has 0 unspecified atom stereocenters. The number of rotatable bonds is 8. The molecule has 6 heteroatoms. The number of hydrogen-bond acceptors (Lipinski definition) is 4. The molecule has 168 valence electrons. The van der Waals surface area contributed by atoms with Gasteiger partial charge in [0, 0.05) is 29.5 Å². The first-order chi connectivity index (χ1) is 16.1. The summed E-state index contributed by atoms with van der Waals surface area (Å²) in [5.74, 6) is 0.365. The first-order valence-electron chi connectivity index (χ1n) is 11.0. The molecule has 0 aliphatic heterocycles. The molecule has 0 aliphatic rings. The molecular weight excluding hydrogens is 414 g/mol. The number of para-hydroxylation sites is 1. The van der Waals surface area contributed by atoms with Gasteiger partial charge in [0.25, 0.3) is 5.56 Å². The number of hydrogen-bond donors (Lipinski definition) is 2. The third-order valence-corrected chi connectivity index (χ3v) is 5.56. The van der Waals surface area contributed by atoms with Crippen molar-refractivity contribution in [2.45, 2.75) is 26.4 Å². The second-order valence-electron chi connectivity index (χ2n) is 7.81. The van der Waals surface area contributed by atoms with E-state index in [1.165, 1.54) is 4.57 Å². The van der Waals surface area contributed by atoms with E-state index in [0.29, 0.717) is 23.4 Å². The van der Waals surface area contributed by atoms with Crippen molar-refractivity contribution in [1.82, 2.24) is 4.57 Å². The van der Waals surface area contributed by atoms with Gasteiger partial charge in [-0.25, -0.2) is 0 Å². The van der Waals surface area contributed by atoms with Gasteiger partial charge in [-0.3, -0.25) is 14.2 Å². The van der Waals surface area contributed by atoms with Gasteiger partial charge in [-0.2, -0.15) is 0 Å². The number of aryl methyl sites for hydroxylation is 1. The largest absolute Gasteiger partial charge is 0.497 e. The van der Waals surface area contributed by atoms with Gasteiger partial charge in [-0.1, -0.05) is 37.3 Å². The van der Waals surface area contributed by atoms with Crippen LogP contribution in [0, 0.1) is 0 Å². The van der Waals surface area contributed by atoms with Crippen LogP contribution in [0.2, 0.25) is 0 Å². The van der Waals surface area contributed by atoms with Crippen molar-refractivity contribution in [3.8, 4) is 5.75 Å². The van der Waals surface area contributed by atoms with E-state index >= 15 is 0 Å². The predicted molar refractivity (Wildman–Crippen MR) is 133 cm³/mol. The van der Waals surface area contributed by atoms with Crippen LogP contribution < -0.4 is 20.9 Å². The summed E-state index contributed by atoms with van der Waals surface area (Å²) >= 11 is 0. The summed E-state index contributed by atoms with van der Waals surface area (Å²) in [6, 6.07) is 24.8. The van der Waals surface area contributed by atoms with Crippen LogP contribution in [0.3, 0.4) is 0 Å². The Hall–Kier alpha value is -4.06. The first-order valence-corrected chi connectivity index (χ1v) is 11.0. The summed E-state index contributed by atoms with van der Waals surface area (Å²) in [5.41, 5.74) is 3.80. The Labute approximate surface area is 192 Å². The number of methoxy groups -OCH3 is 1. The van der Waals surface area contributed by atoms with Gasteiger partial charge in [-0.15, -0.1) is 0 Å². The molecule has 0 fully saturated rings. The molecule has 0 radical (unpaired) electrons. The van der Waals surface area contributed by atoms with Crippen LogP contribution in [0.4, 0.5) is 11.4 Å². The quantitative estimate of drug-likeness (QED) is 0.411. The van der Waals surface area contributed by atoms with E-state index < -0.39 is 0 Å². The maximum Gasteiger partial charge on any atom is 0.256 e. The molecule has 0 aliphatic carbocycles. The van der Waals surface area contributed by atoms with E-state index in [1.54, 1.807) is 13.2 Å². The standard InChI is InChI=1S/C27H27N3O3/c1-3-19-8-7-11-23(14-19)29-26(31)18-30-25-16-24(33-2)13-12-20(25)15-21(27(30)32)17-28-22-9-5-4-6-10-22/h4-16,28H,3,17-18H2,1-2H3,(H,29,31). The summed E-state index contributed by atoms with van der Waals surface area (Å²) in [4.78, 5) is 26.3. The average Bonchev–Trinajstić information content (AvgIpc) is 2.85. The van der Waals surface area contributed by atoms with Crippen molar-refractivity contribution < 1.29 is 9.53 Å². The number of carbonyl (C=O) groups is 1. The molecule has 3 aromatic carbocycles. The van der Waals surface area contributed by atoms with E-state index in [0.717, 1.165) is 28.7 Å². The van der Waals surface area contributed by atoms with E-state index in [9.17, 15) is 9.59 Å². The monoisotopic (exact) mass is 441 g/mol. The number of carbonyl (C=O) groups excluding carboxylic acids is 1. The molecular formula is C27H27N3O3. The topological polar surface area (TPSA) is 72.4 Å². The highest BCUT2D eigenvalue weighted by Crippen LogP contribution is 2.21. The van der Waals surface area contributed by atoms with Crippen LogP contribution in [0.5, 0.6) is 5.75 Å². The Bertz CT molecular complexity index is 1330. The summed E-state index contributed by atoms with van der Waals surface area (Å²) < 4.78 is 6.86. The highest BCUT2D eigenvalue weighted by molar-refractivity contribution is 5.92. The number of benzene rings is 3. The van der Waals surface area contributed by atoms with E-state index in [2.05, 4.69) is 17.6 Å². The lowest BCUT2D eigenvalue weighted by atomic mass is 10.1. The SMILES string of the molecule is CCc1cccc(NC(=O)Cn2c(=O)c(CNc3ccccc3)cc3ccc(OC)cc32)c1. The normalized spacial score (nSPS) is 10.7. The fraction of sp³-hybridized carbons (Fsp3) is 0.185. The van der Waals surface area contributed by atoms with Crippen molar-refractivity contribution in [2.24, 2.45) is 0 Å². The summed E-state index contributed by atoms with van der Waals surface area (Å²) in [6.45, 7) is 2.32. The number of fused-ring (bicyclic) bond motifs is 1. The molecule has 4 aromatic rings. The first kappa shape index (κ1) is 22.1. The number of aromatic nitrogens is 1. The molecule has 0 atom stereocenters. The molecule has 1 aromatic heterocycles. The molecule has 4 rings (SSSR count). The predicted octanol–water partition coefficient (Wildman–Crippen LogP) is 4.82. The van der Waals surface area contributed by atoms with Crippen LogP contribution in [0.15, 0.2) is 83.7 Å². The third-order valence-electron chi connectivity index (χ3n) is 5.56. The van der Waals surface area contributed by atoms with Gasteiger partial charge in [0.2, 0.25) is 5.91 Å². The number of pyridine rings is 1. The molecule has 0 saturated carbocycles. The lowest BCUT2D eigenvalue weighted by molar-refractivity contribution is -0.116. The third kappa shape index (κ3) is 5.23. The van der Waals surface area contributed by atoms with Gasteiger partial charge >= 0.3 is 0 Å². The van der Waals surface area contributed by atoms with Crippen molar-refractivity contribution in [3.05, 3.63) is 100 Å². The number of amides is 1. The van der Waals surface area contributed by atoms with Crippen LogP contribution in [-0.2, 0) is 24.3 Å². The molecule has 0 saturated heterocycles. The zero-order valence-electron chi connectivity index (χ0n) is 18.8. The van der Waals surface area contributed by atoms with E-state index in [1.807, 2.05) is 72.8 Å². The maximum absolute atomic E-state index is 13.4. The van der Waals surface area contributed by atoms with Crippen LogP contribution in [0.1, 0.15) is 18.1 Å². The van der Waals surface area contributed by atoms with Crippen molar-refractivity contribution in [3.63, 3.8) is 0 Å². The zero-order chi connectivity index (χ0) is 23.2. The fourth-order valence-corrected chi connectivity index (χ4v) is 3.79. The van der Waals surface area contributed by atoms with Gasteiger partial charge in [0.15, 0.2) is 0 Å². The second-order valence-corrected chi connectivity index (χ2v) is 7.81. The Kier molecular flexibility index (Phi) is 6.74. The van der Waals surface area contributed by atoms with Crippen LogP contribution >= 0.6 is 0 Å². The number of nitrogens with zero attached hydrogens (tertiary/aromatic N) is 1. The smallest absolute Gasteiger partial charge is 0.256 e. The highest BCUT2D eigenvalue weighted by atomic mass is 16.5. The van der Waals surface area contributed by atoms with Gasteiger partial charge in [0.05, 0.1) is 12.6 Å². The minimum Gasteiger partial charge on any atom is -0.497 e. The highest BCUT2D eigenvalue weighted by Gasteiger charge is 2.14. The Morgan fingerprint density at radius 1 is 0.939 bits per heavy atom. The van der Waals surface area contributed by atoms with E-state index in [4.69, 9.17) is 4.74 Å². The van der Waals surface area contributed by atoms with Crippen LogP contribution in [-0.4, -0.2) is 17.6 Å². The minimum absolute atomic E-state index is 0.0992. The zero-order valence-corrected chi connectivity index (χ0v) is 18.8. The van der Waals surface area contributed by atoms with Gasteiger partial charge in [-0.05, 0) is 59.8 Å². The Morgan fingerprint density at radius 2 is 1.73 bits per heavy atom. The van der Waals surface area contributed by atoms with Gasteiger partial charge in [0.1, 0.15) is 12.3 Å². The second kappa shape index (κ2) is 10.0. The molecule has 1 amide bonds. The molecule has 33 heavy (non-hydrogen) atoms. The summed E-state index contributed by atoms with van der Waals surface area (Å²) in [6.07, 6.45) is 0.879. The minimum atomic E-state index is -0.261. The Morgan fingerprint density at radius 3 is 2.48 bits per heavy atom. The molecule has 0 spiro atoms. The average molecular weight is 442 g/mol. The summed E-state index contributed by atoms with van der Waals surface area (Å²) in [7, 11) is 1.58. The lowest BCUT2D eigenvalue weighted by Gasteiger charge is -2.15. The van der Waals surface area contributed by atoms with Crippen molar-refractivity contribution in [1.29, 1.82) is 0 Å². The fourth-order valence-electron chi connectivity index (χ4n) is 3.79. The molecule has 6 nitrogen and oxygen atoms in total. The van der Waals surface area contributed by atoms with Gasteiger partial charge < -0.3 is 15.4 Å². The Balaban J connectivity index is 1.67. The number of ether oxygens (including phenoxy) is 1. The number of nitrogens with one attached hydrogen (secondary N) is 2.